The molecule has 0 rings (SSSR count). The van der Waals surface area contributed by atoms with E-state index in [0.29, 0.717) is 25.9 Å². The summed E-state index contributed by atoms with van der Waals surface area (Å²) in [5.41, 5.74) is 0. The molecule has 6 heteroatoms. The number of unbranched alkanes of at least 4 members (excludes halogenated alkanes) is 56. The highest BCUT2D eigenvalue weighted by molar-refractivity contribution is 5.76. The van der Waals surface area contributed by atoms with Crippen molar-refractivity contribution < 1.29 is 24.5 Å². The first-order valence-corrected chi connectivity index (χ1v) is 37.6. The van der Waals surface area contributed by atoms with Crippen LogP contribution < -0.4 is 5.32 Å². The Labute approximate surface area is 513 Å². The van der Waals surface area contributed by atoms with Crippen LogP contribution in [0.1, 0.15) is 425 Å². The summed E-state index contributed by atoms with van der Waals surface area (Å²) in [5.74, 6) is -0.0143. The van der Waals surface area contributed by atoms with Crippen LogP contribution in [0.5, 0.6) is 0 Å². The van der Waals surface area contributed by atoms with E-state index in [9.17, 15) is 19.8 Å². The molecule has 0 aliphatic carbocycles. The minimum absolute atomic E-state index is 0.0145. The molecular weight excluding hydrogens is 1010 g/mol. The maximum absolute atomic E-state index is 12.5. The first-order valence-electron chi connectivity index (χ1n) is 37.6. The average molecular weight is 1160 g/mol. The molecule has 0 aromatic carbocycles. The van der Waals surface area contributed by atoms with Crippen molar-refractivity contribution in [3.05, 3.63) is 24.3 Å². The Morgan fingerprint density at radius 1 is 0.329 bits per heavy atom. The van der Waals surface area contributed by atoms with Crippen molar-refractivity contribution in [2.75, 3.05) is 13.2 Å². The lowest BCUT2D eigenvalue weighted by atomic mass is 10.0. The van der Waals surface area contributed by atoms with Crippen molar-refractivity contribution in [2.45, 2.75) is 437 Å². The number of esters is 1. The van der Waals surface area contributed by atoms with Gasteiger partial charge in [-0.1, -0.05) is 359 Å². The number of carbonyl (C=O) groups excluding carboxylic acids is 2. The van der Waals surface area contributed by atoms with E-state index in [2.05, 4.69) is 43.5 Å². The van der Waals surface area contributed by atoms with Gasteiger partial charge >= 0.3 is 5.97 Å². The van der Waals surface area contributed by atoms with Crippen molar-refractivity contribution in [1.29, 1.82) is 0 Å². The lowest BCUT2D eigenvalue weighted by molar-refractivity contribution is -0.143. The zero-order valence-electron chi connectivity index (χ0n) is 55.8. The number of hydrogen-bond acceptors (Lipinski definition) is 5. The predicted molar refractivity (Wildman–Crippen MR) is 361 cm³/mol. The molecule has 486 valence electrons. The molecular formula is C76H147NO5. The van der Waals surface area contributed by atoms with Crippen LogP contribution in [0.3, 0.4) is 0 Å². The highest BCUT2D eigenvalue weighted by Crippen LogP contribution is 2.19. The van der Waals surface area contributed by atoms with Gasteiger partial charge in [-0.25, -0.2) is 0 Å². The van der Waals surface area contributed by atoms with E-state index < -0.39 is 12.1 Å². The third-order valence-corrected chi connectivity index (χ3v) is 17.7. The Bertz CT molecular complexity index is 1280. The highest BCUT2D eigenvalue weighted by Gasteiger charge is 2.20. The van der Waals surface area contributed by atoms with Gasteiger partial charge in [0.1, 0.15) is 0 Å². The number of rotatable bonds is 71. The lowest BCUT2D eigenvalue weighted by Crippen LogP contribution is -2.45. The van der Waals surface area contributed by atoms with Gasteiger partial charge in [0.2, 0.25) is 5.91 Å². The van der Waals surface area contributed by atoms with Crippen molar-refractivity contribution in [3.8, 4) is 0 Å². The first kappa shape index (κ1) is 80.3. The molecule has 3 N–H and O–H groups in total. The van der Waals surface area contributed by atoms with E-state index >= 15 is 0 Å². The zero-order valence-corrected chi connectivity index (χ0v) is 55.8. The van der Waals surface area contributed by atoms with E-state index in [4.69, 9.17) is 4.74 Å². The van der Waals surface area contributed by atoms with Gasteiger partial charge in [0.15, 0.2) is 0 Å². The van der Waals surface area contributed by atoms with Crippen LogP contribution in [0.15, 0.2) is 24.3 Å². The van der Waals surface area contributed by atoms with Gasteiger partial charge < -0.3 is 20.3 Å². The molecule has 0 aliphatic heterocycles. The van der Waals surface area contributed by atoms with Gasteiger partial charge in [-0.2, -0.15) is 0 Å². The molecule has 0 bridgehead atoms. The molecule has 0 aliphatic rings. The van der Waals surface area contributed by atoms with E-state index in [1.165, 1.54) is 347 Å². The Morgan fingerprint density at radius 3 is 0.866 bits per heavy atom. The second-order valence-electron chi connectivity index (χ2n) is 26.0. The van der Waals surface area contributed by atoms with Gasteiger partial charge in [-0.15, -0.1) is 0 Å². The number of nitrogens with one attached hydrogen (secondary N) is 1. The maximum Gasteiger partial charge on any atom is 0.305 e. The third kappa shape index (κ3) is 67.5. The van der Waals surface area contributed by atoms with Crippen molar-refractivity contribution >= 4 is 11.9 Å². The Kier molecular flexibility index (Phi) is 70.4. The van der Waals surface area contributed by atoms with Crippen molar-refractivity contribution in [2.24, 2.45) is 0 Å². The minimum atomic E-state index is -0.659. The quantitative estimate of drug-likeness (QED) is 0.0320. The lowest BCUT2D eigenvalue weighted by Gasteiger charge is -2.22. The van der Waals surface area contributed by atoms with E-state index in [1.807, 2.05) is 0 Å². The summed E-state index contributed by atoms with van der Waals surface area (Å²) in [4.78, 5) is 24.5. The molecule has 0 fully saturated rings. The summed E-state index contributed by atoms with van der Waals surface area (Å²) in [6.45, 7) is 4.97. The fraction of sp³-hybridized carbons (Fsp3) is 0.921. The van der Waals surface area contributed by atoms with Crippen molar-refractivity contribution in [3.63, 3.8) is 0 Å². The zero-order chi connectivity index (χ0) is 59.2. The van der Waals surface area contributed by atoms with Gasteiger partial charge in [0, 0.05) is 12.8 Å². The van der Waals surface area contributed by atoms with Crippen LogP contribution in [0, 0.1) is 0 Å². The normalized spacial score (nSPS) is 12.6. The topological polar surface area (TPSA) is 95.9 Å². The van der Waals surface area contributed by atoms with E-state index in [1.54, 1.807) is 0 Å². The minimum Gasteiger partial charge on any atom is -0.466 e. The number of ether oxygens (including phenoxy) is 1. The smallest absolute Gasteiger partial charge is 0.305 e. The van der Waals surface area contributed by atoms with Gasteiger partial charge in [-0.3, -0.25) is 9.59 Å². The van der Waals surface area contributed by atoms with Gasteiger partial charge in [-0.05, 0) is 77.0 Å². The Morgan fingerprint density at radius 2 is 0.573 bits per heavy atom. The number of aliphatic hydroxyl groups excluding tert-OH is 2. The average Bonchev–Trinajstić information content (AvgIpc) is 3.48. The van der Waals surface area contributed by atoms with E-state index in [0.717, 1.165) is 44.9 Å². The molecule has 0 heterocycles. The number of hydrogen-bond donors (Lipinski definition) is 3. The molecule has 1 amide bonds. The van der Waals surface area contributed by atoms with Crippen LogP contribution in [0.25, 0.3) is 0 Å². The summed E-state index contributed by atoms with van der Waals surface area (Å²) in [7, 11) is 0. The van der Waals surface area contributed by atoms with Crippen LogP contribution in [-0.4, -0.2) is 47.4 Å². The predicted octanol–water partition coefficient (Wildman–Crippen LogP) is 24.5. The van der Waals surface area contributed by atoms with E-state index in [-0.39, 0.29) is 18.5 Å². The molecule has 0 spiro atoms. The molecule has 6 nitrogen and oxygen atoms in total. The first-order chi connectivity index (χ1) is 40.5. The molecule has 0 saturated carbocycles. The second kappa shape index (κ2) is 71.8. The number of aliphatic hydroxyl groups is 2. The molecule has 0 aromatic heterocycles. The second-order valence-corrected chi connectivity index (χ2v) is 26.0. The SMILES string of the molecule is CCCCCCC/C=C\CCCCCCCC(=O)OCCCCCCCCCCCCCCCCCCCC/C=C\CCCCCCCCCCCCCCCCCCCC(=O)NC(CO)C(O)CCCCCCCCCCCCCC. The molecule has 2 unspecified atom stereocenters. The van der Waals surface area contributed by atoms with Crippen LogP contribution in [0.4, 0.5) is 0 Å². The summed E-state index contributed by atoms with van der Waals surface area (Å²) in [6, 6.07) is -0.536. The Hall–Kier alpha value is -1.66. The third-order valence-electron chi connectivity index (χ3n) is 17.7. The standard InChI is InChI=1S/C76H147NO5/c1-3-5-7-9-11-13-15-17-46-50-54-58-62-66-70-76(81)82-71-67-63-59-55-51-47-44-42-40-38-36-34-32-30-28-26-24-22-20-18-19-21-23-25-27-29-31-33-35-37-39-41-43-45-49-53-57-61-65-69-75(80)77-73(72-78)74(79)68-64-60-56-52-48-16-14-12-10-8-6-4-2/h15,17-19,73-74,78-79H,3-14,16,20-72H2,1-2H3,(H,77,80)/b17-15-,19-18-. The monoisotopic (exact) mass is 1150 g/mol. The number of allylic oxidation sites excluding steroid dienone is 4. The highest BCUT2D eigenvalue weighted by atomic mass is 16.5. The number of carbonyl (C=O) groups is 2. The molecule has 0 saturated heterocycles. The molecule has 0 aromatic rings. The van der Waals surface area contributed by atoms with Crippen LogP contribution in [-0.2, 0) is 14.3 Å². The maximum atomic E-state index is 12.5. The molecule has 0 radical (unpaired) electrons. The molecule has 2 atom stereocenters. The number of amides is 1. The largest absolute Gasteiger partial charge is 0.466 e. The fourth-order valence-corrected chi connectivity index (χ4v) is 12.0. The summed E-state index contributed by atoms with van der Waals surface area (Å²) in [6.07, 6.45) is 91.3. The Balaban J connectivity index is 3.30. The van der Waals surface area contributed by atoms with Crippen LogP contribution >= 0.6 is 0 Å². The summed E-state index contributed by atoms with van der Waals surface area (Å²) >= 11 is 0. The van der Waals surface area contributed by atoms with Crippen LogP contribution in [0.2, 0.25) is 0 Å². The summed E-state index contributed by atoms with van der Waals surface area (Å²) in [5, 5.41) is 23.3. The fourth-order valence-electron chi connectivity index (χ4n) is 12.0. The molecule has 82 heavy (non-hydrogen) atoms. The van der Waals surface area contributed by atoms with Gasteiger partial charge in [0.05, 0.1) is 25.4 Å². The van der Waals surface area contributed by atoms with Crippen molar-refractivity contribution in [1.82, 2.24) is 5.32 Å². The van der Waals surface area contributed by atoms with Gasteiger partial charge in [0.25, 0.3) is 0 Å². The summed E-state index contributed by atoms with van der Waals surface area (Å²) < 4.78 is 5.49.